The van der Waals surface area contributed by atoms with Crippen LogP contribution >= 0.6 is 0 Å². The molecule has 40 heavy (non-hydrogen) atoms. The van der Waals surface area contributed by atoms with Crippen LogP contribution in [0, 0.1) is 0 Å². The van der Waals surface area contributed by atoms with Crippen LogP contribution in [-0.2, 0) is 4.74 Å². The predicted octanol–water partition coefficient (Wildman–Crippen LogP) is 8.51. The van der Waals surface area contributed by atoms with Gasteiger partial charge in [-0.2, -0.15) is 74.6 Å². The molecule has 230 valence electrons. The van der Waals surface area contributed by atoms with E-state index >= 15 is 0 Å². The number of alkyl halides is 15. The normalized spacial score (nSPS) is 14.9. The van der Waals surface area contributed by atoms with Gasteiger partial charge in [0, 0.05) is 5.69 Å². The smallest absolute Gasteiger partial charge is 0.449 e. The molecule has 0 aromatic heterocycles. The van der Waals surface area contributed by atoms with Crippen molar-refractivity contribution in [3.05, 3.63) is 36.1 Å². The SMILES string of the molecule is CCCOC(=O)Nc1ccc(OC(F)=C(F)C(F)(F)C(F)(F)C(F)(F)C(F)(F)C(F)(F)C(F)(F)C(F)(F)F)cc1. The molecule has 1 rings (SSSR count). The number of hydrogen-bond acceptors (Lipinski definition) is 3. The van der Waals surface area contributed by atoms with Crippen molar-refractivity contribution in [3.8, 4) is 5.75 Å². The van der Waals surface area contributed by atoms with Crippen molar-refractivity contribution < 1.29 is 88.9 Å². The molecule has 0 aliphatic carbocycles. The van der Waals surface area contributed by atoms with Gasteiger partial charge in [-0.15, -0.1) is 0 Å². The van der Waals surface area contributed by atoms with Crippen molar-refractivity contribution in [2.45, 2.75) is 55.1 Å². The molecule has 4 nitrogen and oxygen atoms in total. The van der Waals surface area contributed by atoms with Crippen LogP contribution in [-0.4, -0.2) is 54.4 Å². The van der Waals surface area contributed by atoms with E-state index in [0.29, 0.717) is 18.6 Å². The van der Waals surface area contributed by atoms with Crippen LogP contribution in [0.25, 0.3) is 0 Å². The highest BCUT2D eigenvalue weighted by Crippen LogP contribution is 2.63. The van der Waals surface area contributed by atoms with E-state index in [-0.39, 0.29) is 12.3 Å². The fourth-order valence-electron chi connectivity index (χ4n) is 2.33. The lowest BCUT2D eigenvalue weighted by molar-refractivity contribution is -0.451. The summed E-state index contributed by atoms with van der Waals surface area (Å²) < 4.78 is 233. The Bertz CT molecular complexity index is 1080. The zero-order chi connectivity index (χ0) is 31.8. The first kappa shape index (κ1) is 34.9. The number of anilines is 1. The van der Waals surface area contributed by atoms with Crippen molar-refractivity contribution in [3.63, 3.8) is 0 Å². The number of allylic oxidation sites excluding steroid dienone is 1. The van der Waals surface area contributed by atoms with E-state index in [1.54, 1.807) is 6.92 Å². The van der Waals surface area contributed by atoms with E-state index in [0.717, 1.165) is 12.1 Å². The van der Waals surface area contributed by atoms with E-state index < -0.39 is 65.4 Å². The van der Waals surface area contributed by atoms with Crippen LogP contribution in [0.4, 0.5) is 85.1 Å². The van der Waals surface area contributed by atoms with Crippen molar-refractivity contribution in [2.75, 3.05) is 11.9 Å². The molecular formula is C19H12F17NO3. The number of amides is 1. The van der Waals surface area contributed by atoms with Gasteiger partial charge in [-0.25, -0.2) is 4.79 Å². The van der Waals surface area contributed by atoms with Crippen LogP contribution in [0.2, 0.25) is 0 Å². The molecular weight excluding hydrogens is 613 g/mol. The summed E-state index contributed by atoms with van der Waals surface area (Å²) in [6.07, 6.45) is -8.46. The molecule has 0 saturated heterocycles. The Kier molecular flexibility index (Phi) is 9.60. The maximum atomic E-state index is 13.8. The molecule has 21 heteroatoms. The average Bonchev–Trinajstić information content (AvgIpc) is 2.81. The van der Waals surface area contributed by atoms with E-state index in [1.807, 2.05) is 5.32 Å². The van der Waals surface area contributed by atoms with E-state index in [2.05, 4.69) is 9.47 Å². The Labute approximate surface area is 210 Å². The minimum atomic E-state index is -8.66. The number of carbonyl (C=O) groups is 1. The quantitative estimate of drug-likeness (QED) is 0.198. The molecule has 0 aliphatic heterocycles. The molecule has 1 aromatic carbocycles. The number of ether oxygens (including phenoxy) is 2. The maximum Gasteiger partial charge on any atom is 0.460 e. The molecule has 0 atom stereocenters. The second kappa shape index (κ2) is 11.0. The molecule has 0 spiro atoms. The van der Waals surface area contributed by atoms with E-state index in [4.69, 9.17) is 0 Å². The fourth-order valence-corrected chi connectivity index (χ4v) is 2.33. The largest absolute Gasteiger partial charge is 0.460 e. The first-order chi connectivity index (χ1) is 17.7. The third kappa shape index (κ3) is 5.81. The lowest BCUT2D eigenvalue weighted by Gasteiger charge is -2.41. The Morgan fingerprint density at radius 1 is 0.700 bits per heavy atom. The second-order valence-corrected chi connectivity index (χ2v) is 7.42. The molecule has 0 unspecified atom stereocenters. The highest BCUT2D eigenvalue weighted by Gasteiger charge is 2.93. The van der Waals surface area contributed by atoms with Crippen molar-refractivity contribution in [1.82, 2.24) is 0 Å². The minimum Gasteiger partial charge on any atom is -0.449 e. The number of benzene rings is 1. The van der Waals surface area contributed by atoms with Gasteiger partial charge in [0.2, 0.25) is 5.83 Å². The highest BCUT2D eigenvalue weighted by atomic mass is 19.4. The summed E-state index contributed by atoms with van der Waals surface area (Å²) in [5.74, 6) is -55.5. The summed E-state index contributed by atoms with van der Waals surface area (Å²) in [6.45, 7) is 1.57. The Hall–Kier alpha value is -3.16. The van der Waals surface area contributed by atoms with E-state index in [9.17, 15) is 79.4 Å². The zero-order valence-corrected chi connectivity index (χ0v) is 18.9. The third-order valence-corrected chi connectivity index (χ3v) is 4.52. The summed E-state index contributed by atoms with van der Waals surface area (Å²) >= 11 is 0. The number of carbonyl (C=O) groups excluding carboxylic acids is 1. The van der Waals surface area contributed by atoms with Gasteiger partial charge in [0.25, 0.3) is 0 Å². The molecule has 0 aliphatic rings. The summed E-state index contributed by atoms with van der Waals surface area (Å²) in [5, 5.41) is 2.03. The zero-order valence-electron chi connectivity index (χ0n) is 18.9. The summed E-state index contributed by atoms with van der Waals surface area (Å²) in [5.41, 5.74) is -0.200. The summed E-state index contributed by atoms with van der Waals surface area (Å²) in [6, 6.07) is -1.11. The topological polar surface area (TPSA) is 47.6 Å². The number of hydrogen-bond donors (Lipinski definition) is 1. The van der Waals surface area contributed by atoms with E-state index in [1.165, 1.54) is 0 Å². The van der Waals surface area contributed by atoms with Gasteiger partial charge in [0.1, 0.15) is 5.75 Å². The van der Waals surface area contributed by atoms with Gasteiger partial charge < -0.3 is 9.47 Å². The average molecular weight is 625 g/mol. The molecule has 0 radical (unpaired) electrons. The van der Waals surface area contributed by atoms with Crippen LogP contribution in [0.5, 0.6) is 5.75 Å². The van der Waals surface area contributed by atoms with Crippen molar-refractivity contribution in [1.29, 1.82) is 0 Å². The van der Waals surface area contributed by atoms with Gasteiger partial charge in [0.05, 0.1) is 6.61 Å². The van der Waals surface area contributed by atoms with Gasteiger partial charge >= 0.3 is 53.8 Å². The lowest BCUT2D eigenvalue weighted by Crippen LogP contribution is -2.72. The van der Waals surface area contributed by atoms with Gasteiger partial charge in [-0.1, -0.05) is 6.92 Å². The minimum absolute atomic E-state index is 0.0471. The first-order valence-corrected chi connectivity index (χ1v) is 9.85. The number of halogens is 17. The van der Waals surface area contributed by atoms with Crippen LogP contribution in [0.3, 0.4) is 0 Å². The second-order valence-electron chi connectivity index (χ2n) is 7.42. The Morgan fingerprint density at radius 3 is 1.55 bits per heavy atom. The molecule has 0 bridgehead atoms. The maximum absolute atomic E-state index is 13.8. The number of nitrogens with one attached hydrogen (secondary N) is 1. The van der Waals surface area contributed by atoms with Crippen LogP contribution in [0.1, 0.15) is 13.3 Å². The standard InChI is InChI=1S/C19H12F17NO3/c1-2-7-39-12(38)37-8-3-5-9(6-4-8)40-11(21)10(20)13(22,23)14(24,25)15(26,27)16(28,29)17(30,31)18(32,33)19(34,35)36/h3-6H,2,7H2,1H3,(H,37,38). The van der Waals surface area contributed by atoms with Gasteiger partial charge in [-0.3, -0.25) is 5.32 Å². The third-order valence-electron chi connectivity index (χ3n) is 4.52. The summed E-state index contributed by atoms with van der Waals surface area (Å²) in [4.78, 5) is 11.4. The fraction of sp³-hybridized carbons (Fsp3) is 0.526. The molecule has 0 saturated carbocycles. The Balaban J connectivity index is 3.37. The van der Waals surface area contributed by atoms with Crippen molar-refractivity contribution >= 4 is 11.8 Å². The molecule has 1 N–H and O–H groups in total. The Morgan fingerprint density at radius 2 is 1.12 bits per heavy atom. The summed E-state index contributed by atoms with van der Waals surface area (Å²) in [7, 11) is 0. The number of rotatable bonds is 11. The van der Waals surface area contributed by atoms with Crippen LogP contribution in [0.15, 0.2) is 36.1 Å². The first-order valence-electron chi connectivity index (χ1n) is 9.85. The molecule has 1 aromatic rings. The molecule has 1 amide bonds. The van der Waals surface area contributed by atoms with Crippen LogP contribution < -0.4 is 10.1 Å². The van der Waals surface area contributed by atoms with Gasteiger partial charge in [0.15, 0.2) is 0 Å². The monoisotopic (exact) mass is 625 g/mol. The van der Waals surface area contributed by atoms with Crippen molar-refractivity contribution in [2.24, 2.45) is 0 Å². The lowest BCUT2D eigenvalue weighted by atomic mass is 9.91. The highest BCUT2D eigenvalue weighted by molar-refractivity contribution is 5.84. The predicted molar refractivity (Wildman–Crippen MR) is 97.3 cm³/mol. The molecule has 0 fully saturated rings. The van der Waals surface area contributed by atoms with Gasteiger partial charge in [-0.05, 0) is 30.7 Å². The molecule has 0 heterocycles.